The van der Waals surface area contributed by atoms with E-state index in [1.165, 1.54) is 29.3 Å². The van der Waals surface area contributed by atoms with Crippen molar-refractivity contribution in [3.63, 3.8) is 0 Å². The first kappa shape index (κ1) is 19.1. The van der Waals surface area contributed by atoms with Gasteiger partial charge in [0.2, 0.25) is 5.91 Å². The summed E-state index contributed by atoms with van der Waals surface area (Å²) in [4.78, 5) is 39.8. The van der Waals surface area contributed by atoms with Crippen molar-refractivity contribution in [2.75, 3.05) is 23.0 Å². The summed E-state index contributed by atoms with van der Waals surface area (Å²) in [6, 6.07) is 10.4. The number of halogens is 1. The lowest BCUT2D eigenvalue weighted by molar-refractivity contribution is -0.123. The van der Waals surface area contributed by atoms with Crippen molar-refractivity contribution in [3.05, 3.63) is 54.3 Å². The Labute approximate surface area is 169 Å². The summed E-state index contributed by atoms with van der Waals surface area (Å²) in [7, 11) is 0. The minimum absolute atomic E-state index is 0.232. The Balaban J connectivity index is 1.47. The van der Waals surface area contributed by atoms with Crippen LogP contribution in [0.4, 0.5) is 15.8 Å². The van der Waals surface area contributed by atoms with Crippen LogP contribution in [0.25, 0.3) is 0 Å². The van der Waals surface area contributed by atoms with Gasteiger partial charge in [-0.2, -0.15) is 5.11 Å². The molecule has 4 rings (SSSR count). The number of fused-ring (bicyclic) bond motifs is 1. The molecular formula is C19H16FN5O3S. The molecule has 2 heterocycles. The Morgan fingerprint density at radius 1 is 1.17 bits per heavy atom. The molecule has 8 nitrogen and oxygen atoms in total. The predicted octanol–water partition coefficient (Wildman–Crippen LogP) is 2.48. The molecule has 2 aromatic carbocycles. The highest BCUT2D eigenvalue weighted by molar-refractivity contribution is 7.98. The van der Waals surface area contributed by atoms with Crippen LogP contribution in [0.1, 0.15) is 0 Å². The fourth-order valence-electron chi connectivity index (χ4n) is 3.25. The number of nitrogens with one attached hydrogen (secondary N) is 1. The summed E-state index contributed by atoms with van der Waals surface area (Å²) in [5.41, 5.74) is 0.876. The van der Waals surface area contributed by atoms with Crippen molar-refractivity contribution < 1.29 is 18.8 Å². The summed E-state index contributed by atoms with van der Waals surface area (Å²) >= 11 is 1.55. The molecular weight excluding hydrogens is 397 g/mol. The Hall–Kier alpha value is -3.27. The van der Waals surface area contributed by atoms with Crippen LogP contribution in [0, 0.1) is 5.82 Å². The van der Waals surface area contributed by atoms with Crippen molar-refractivity contribution in [2.45, 2.75) is 17.0 Å². The van der Waals surface area contributed by atoms with E-state index in [0.29, 0.717) is 5.69 Å². The van der Waals surface area contributed by atoms with Gasteiger partial charge in [-0.3, -0.25) is 19.4 Å². The molecule has 1 N–H and O–H groups in total. The van der Waals surface area contributed by atoms with Gasteiger partial charge in [-0.15, -0.1) is 11.8 Å². The maximum atomic E-state index is 13.2. The van der Waals surface area contributed by atoms with Crippen molar-refractivity contribution in [2.24, 2.45) is 10.3 Å². The van der Waals surface area contributed by atoms with E-state index in [9.17, 15) is 18.8 Å². The minimum Gasteiger partial charge on any atom is -0.324 e. The van der Waals surface area contributed by atoms with E-state index in [4.69, 9.17) is 0 Å². The molecule has 0 radical (unpaired) electrons. The second-order valence-corrected chi connectivity index (χ2v) is 7.34. The number of thioether (sulfide) groups is 1. The van der Waals surface area contributed by atoms with Crippen molar-refractivity contribution in [3.8, 4) is 0 Å². The Morgan fingerprint density at radius 3 is 2.66 bits per heavy atom. The number of nitrogens with zero attached hydrogens (tertiary/aromatic N) is 4. The third-order valence-electron chi connectivity index (χ3n) is 4.60. The van der Waals surface area contributed by atoms with E-state index >= 15 is 0 Å². The third kappa shape index (κ3) is 3.58. The molecule has 29 heavy (non-hydrogen) atoms. The van der Waals surface area contributed by atoms with E-state index in [2.05, 4.69) is 15.7 Å². The fraction of sp³-hybridized carbons (Fsp3) is 0.211. The van der Waals surface area contributed by atoms with Gasteiger partial charge in [0.25, 0.3) is 11.8 Å². The van der Waals surface area contributed by atoms with Crippen LogP contribution in [-0.4, -0.2) is 47.6 Å². The average Bonchev–Trinajstić information content (AvgIpc) is 3.23. The lowest BCUT2D eigenvalue weighted by Gasteiger charge is -2.20. The number of anilines is 2. The molecule has 0 bridgehead atoms. The van der Waals surface area contributed by atoms with Gasteiger partial charge in [-0.25, -0.2) is 9.29 Å². The molecule has 148 valence electrons. The Morgan fingerprint density at radius 2 is 1.93 bits per heavy atom. The predicted molar refractivity (Wildman–Crippen MR) is 105 cm³/mol. The standard InChI is InChI=1S/C19H16FN5O3S/c1-29-14-4-2-3-12(9-14)21-15(26)10-24-17-16(22-23-24)18(27)25(19(17)28)13-7-5-11(20)6-8-13/h2-9,16-17H,10H2,1H3,(H,21,26)/t16-,17-/m0/s1. The normalized spacial score (nSPS) is 20.3. The lowest BCUT2D eigenvalue weighted by atomic mass is 10.1. The molecule has 0 aromatic heterocycles. The highest BCUT2D eigenvalue weighted by Gasteiger charge is 2.55. The summed E-state index contributed by atoms with van der Waals surface area (Å²) in [6.45, 7) is -0.232. The molecule has 1 saturated heterocycles. The summed E-state index contributed by atoms with van der Waals surface area (Å²) < 4.78 is 13.2. The van der Waals surface area contributed by atoms with Gasteiger partial charge >= 0.3 is 0 Å². The first-order valence-corrected chi connectivity index (χ1v) is 9.95. The van der Waals surface area contributed by atoms with Crippen molar-refractivity contribution in [1.82, 2.24) is 5.01 Å². The first-order chi connectivity index (χ1) is 14.0. The smallest absolute Gasteiger partial charge is 0.263 e. The molecule has 1 fully saturated rings. The first-order valence-electron chi connectivity index (χ1n) is 8.72. The van der Waals surface area contributed by atoms with Crippen LogP contribution < -0.4 is 10.2 Å². The summed E-state index contributed by atoms with van der Waals surface area (Å²) in [6.07, 6.45) is 1.93. The molecule has 2 aromatic rings. The van der Waals surface area contributed by atoms with Gasteiger partial charge < -0.3 is 5.32 Å². The number of rotatable bonds is 5. The number of hydrogen-bond donors (Lipinski definition) is 1. The maximum absolute atomic E-state index is 13.2. The van der Waals surface area contributed by atoms with Gasteiger partial charge in [0, 0.05) is 10.6 Å². The van der Waals surface area contributed by atoms with E-state index in [-0.39, 0.29) is 18.1 Å². The van der Waals surface area contributed by atoms with Gasteiger partial charge in [0.15, 0.2) is 12.1 Å². The second kappa shape index (κ2) is 7.63. The molecule has 0 aliphatic carbocycles. The Bertz CT molecular complexity index is 1010. The second-order valence-electron chi connectivity index (χ2n) is 6.46. The zero-order valence-electron chi connectivity index (χ0n) is 15.3. The van der Waals surface area contributed by atoms with Crippen LogP contribution in [0.2, 0.25) is 0 Å². The SMILES string of the molecule is CSc1cccc(NC(=O)CN2N=N[C@@H]3C(=O)N(c4ccc(F)cc4)C(=O)[C@H]32)c1. The van der Waals surface area contributed by atoms with E-state index in [1.807, 2.05) is 24.5 Å². The van der Waals surface area contributed by atoms with Crippen LogP contribution in [0.15, 0.2) is 63.8 Å². The highest BCUT2D eigenvalue weighted by Crippen LogP contribution is 2.31. The monoisotopic (exact) mass is 413 g/mol. The molecule has 0 unspecified atom stereocenters. The Kier molecular flexibility index (Phi) is 5.01. The summed E-state index contributed by atoms with van der Waals surface area (Å²) in [5.74, 6) is -1.96. The van der Waals surface area contributed by atoms with E-state index in [1.54, 1.807) is 17.8 Å². The molecule has 2 aliphatic heterocycles. The van der Waals surface area contributed by atoms with Crippen LogP contribution in [0.3, 0.4) is 0 Å². The number of hydrogen-bond acceptors (Lipinski definition) is 7. The van der Waals surface area contributed by atoms with Crippen molar-refractivity contribution in [1.29, 1.82) is 0 Å². The van der Waals surface area contributed by atoms with E-state index < -0.39 is 29.7 Å². The number of carbonyl (C=O) groups excluding carboxylic acids is 3. The molecule has 0 saturated carbocycles. The zero-order valence-corrected chi connectivity index (χ0v) is 16.1. The molecule has 0 spiro atoms. The molecule has 2 aliphatic rings. The van der Waals surface area contributed by atoms with Crippen LogP contribution in [0.5, 0.6) is 0 Å². The van der Waals surface area contributed by atoms with Gasteiger partial charge in [-0.1, -0.05) is 11.3 Å². The van der Waals surface area contributed by atoms with Crippen LogP contribution >= 0.6 is 11.8 Å². The summed E-state index contributed by atoms with van der Waals surface area (Å²) in [5, 5.41) is 11.7. The molecule has 10 heteroatoms. The third-order valence-corrected chi connectivity index (χ3v) is 5.33. The lowest BCUT2D eigenvalue weighted by Crippen LogP contribution is -2.43. The fourth-order valence-corrected chi connectivity index (χ4v) is 3.71. The maximum Gasteiger partial charge on any atom is 0.263 e. The van der Waals surface area contributed by atoms with Gasteiger partial charge in [0.05, 0.1) is 5.69 Å². The quantitative estimate of drug-likeness (QED) is 0.600. The number of carbonyl (C=O) groups is 3. The number of amides is 3. The molecule has 3 amide bonds. The highest BCUT2D eigenvalue weighted by atomic mass is 32.2. The zero-order chi connectivity index (χ0) is 20.5. The topological polar surface area (TPSA) is 94.4 Å². The number of imide groups is 1. The number of benzene rings is 2. The van der Waals surface area contributed by atoms with Crippen LogP contribution in [-0.2, 0) is 14.4 Å². The van der Waals surface area contributed by atoms with Crippen molar-refractivity contribution >= 4 is 40.9 Å². The van der Waals surface area contributed by atoms with Gasteiger partial charge in [-0.05, 0) is 48.7 Å². The molecule has 2 atom stereocenters. The van der Waals surface area contributed by atoms with E-state index in [0.717, 1.165) is 9.80 Å². The van der Waals surface area contributed by atoms with Gasteiger partial charge in [0.1, 0.15) is 12.4 Å². The largest absolute Gasteiger partial charge is 0.324 e. The minimum atomic E-state index is -1.01. The average molecular weight is 413 g/mol.